The van der Waals surface area contributed by atoms with Gasteiger partial charge in [0.15, 0.2) is 12.4 Å². The van der Waals surface area contributed by atoms with Crippen LogP contribution in [0.1, 0.15) is 33.5 Å². The molecule has 1 aromatic heterocycles. The van der Waals surface area contributed by atoms with E-state index >= 15 is 0 Å². The van der Waals surface area contributed by atoms with E-state index in [1.807, 2.05) is 27.7 Å². The number of nitrogens with zero attached hydrogens (tertiary/aromatic N) is 1. The highest BCUT2D eigenvalue weighted by molar-refractivity contribution is 6.31. The minimum absolute atomic E-state index is 0.0227. The third-order valence-corrected chi connectivity index (χ3v) is 3.80. The van der Waals surface area contributed by atoms with Crippen molar-refractivity contribution >= 4 is 28.4 Å². The zero-order chi connectivity index (χ0) is 17.9. The second-order valence-corrected chi connectivity index (χ2v) is 7.37. The number of rotatable bonds is 5. The zero-order valence-corrected chi connectivity index (χ0v) is 15.3. The maximum Gasteiger partial charge on any atom is 0.275 e. The molecule has 24 heavy (non-hydrogen) atoms. The molecule has 0 radical (unpaired) electrons. The number of carbonyl (C=O) groups is 1. The maximum absolute atomic E-state index is 12.2. The summed E-state index contributed by atoms with van der Waals surface area (Å²) in [7, 11) is 0. The van der Waals surface area contributed by atoms with Gasteiger partial charge in [0.1, 0.15) is 6.54 Å². The van der Waals surface area contributed by atoms with E-state index in [1.165, 1.54) is 0 Å². The number of carbonyl (C=O) groups excluding carboxylic acids is 1. The smallest absolute Gasteiger partial charge is 0.275 e. The van der Waals surface area contributed by atoms with Crippen LogP contribution in [-0.2, 0) is 11.3 Å². The number of hydrogen-bond acceptors (Lipinski definition) is 3. The highest BCUT2D eigenvalue weighted by Crippen LogP contribution is 2.14. The molecule has 2 rings (SSSR count). The van der Waals surface area contributed by atoms with Crippen molar-refractivity contribution in [3.8, 4) is 0 Å². The fourth-order valence-corrected chi connectivity index (χ4v) is 2.65. The Morgan fingerprint density at radius 2 is 2.08 bits per heavy atom. The minimum Gasteiger partial charge on any atom is -0.347 e. The molecule has 0 aliphatic heterocycles. The number of aromatic nitrogens is 2. The molecule has 6 nitrogen and oxygen atoms in total. The monoisotopic (exact) mass is 351 g/mol. The Hall–Kier alpha value is -1.92. The summed E-state index contributed by atoms with van der Waals surface area (Å²) >= 11 is 5.98. The number of aromatic amines is 1. The van der Waals surface area contributed by atoms with Crippen LogP contribution in [0.5, 0.6) is 0 Å². The number of halogens is 1. The molecule has 0 aliphatic carbocycles. The molecule has 1 atom stereocenters. The molecule has 0 saturated carbocycles. The van der Waals surface area contributed by atoms with Gasteiger partial charge < -0.3 is 15.2 Å². The van der Waals surface area contributed by atoms with E-state index in [2.05, 4.69) is 15.3 Å². The van der Waals surface area contributed by atoms with Gasteiger partial charge in [0, 0.05) is 10.6 Å². The van der Waals surface area contributed by atoms with E-state index < -0.39 is 0 Å². The number of amides is 1. The van der Waals surface area contributed by atoms with Gasteiger partial charge in [0.2, 0.25) is 0 Å². The number of hydrogen-bond donors (Lipinski definition) is 3. The summed E-state index contributed by atoms with van der Waals surface area (Å²) in [6.45, 7) is 9.37. The van der Waals surface area contributed by atoms with Crippen LogP contribution in [0.15, 0.2) is 23.0 Å². The molecule has 1 unspecified atom stereocenters. The van der Waals surface area contributed by atoms with Crippen molar-refractivity contribution in [1.82, 2.24) is 15.3 Å². The molecule has 1 amide bonds. The first-order chi connectivity index (χ1) is 11.2. The molecule has 1 aromatic carbocycles. The first kappa shape index (κ1) is 18.4. The predicted molar refractivity (Wildman–Crippen MR) is 95.3 cm³/mol. The van der Waals surface area contributed by atoms with Crippen molar-refractivity contribution in [3.63, 3.8) is 0 Å². The quantitative estimate of drug-likeness (QED) is 0.748. The zero-order valence-electron chi connectivity index (χ0n) is 14.5. The van der Waals surface area contributed by atoms with Crippen molar-refractivity contribution < 1.29 is 9.69 Å². The van der Waals surface area contributed by atoms with E-state index in [9.17, 15) is 9.59 Å². The van der Waals surface area contributed by atoms with Gasteiger partial charge >= 0.3 is 0 Å². The summed E-state index contributed by atoms with van der Waals surface area (Å²) in [6.07, 6.45) is 0. The Morgan fingerprint density at radius 1 is 1.38 bits per heavy atom. The maximum atomic E-state index is 12.2. The number of nitrogens with one attached hydrogen (secondary N) is 3. The molecule has 0 aliphatic rings. The molecule has 130 valence electrons. The second kappa shape index (κ2) is 7.32. The predicted octanol–water partition coefficient (Wildman–Crippen LogP) is 0.896. The van der Waals surface area contributed by atoms with Crippen LogP contribution in [0.2, 0.25) is 5.02 Å². The van der Waals surface area contributed by atoms with E-state index in [0.717, 1.165) is 11.4 Å². The Labute approximate surface area is 146 Å². The summed E-state index contributed by atoms with van der Waals surface area (Å²) in [5, 5.41) is 3.99. The average molecular weight is 352 g/mol. The lowest BCUT2D eigenvalue weighted by molar-refractivity contribution is -0.904. The van der Waals surface area contributed by atoms with Crippen molar-refractivity contribution in [2.75, 3.05) is 13.1 Å². The van der Waals surface area contributed by atoms with Crippen molar-refractivity contribution in [1.29, 1.82) is 0 Å². The summed E-state index contributed by atoms with van der Waals surface area (Å²) < 4.78 is 0. The molecule has 0 fully saturated rings. The van der Waals surface area contributed by atoms with Gasteiger partial charge in [-0.15, -0.1) is 0 Å². The molecular weight excluding hydrogens is 328 g/mol. The van der Waals surface area contributed by atoms with Gasteiger partial charge in [0.05, 0.1) is 17.4 Å². The summed E-state index contributed by atoms with van der Waals surface area (Å²) in [5.74, 6) is 0.528. The van der Waals surface area contributed by atoms with Gasteiger partial charge in [-0.25, -0.2) is 4.98 Å². The second-order valence-electron chi connectivity index (χ2n) is 6.93. The fraction of sp³-hybridized carbons (Fsp3) is 0.471. The first-order valence-electron chi connectivity index (χ1n) is 8.01. The van der Waals surface area contributed by atoms with Crippen LogP contribution in [-0.4, -0.2) is 34.5 Å². The van der Waals surface area contributed by atoms with E-state index in [4.69, 9.17) is 11.6 Å². The van der Waals surface area contributed by atoms with Crippen LogP contribution >= 0.6 is 11.6 Å². The highest BCUT2D eigenvalue weighted by atomic mass is 35.5. The van der Waals surface area contributed by atoms with Gasteiger partial charge in [-0.3, -0.25) is 9.59 Å². The number of H-pyrrole nitrogens is 1. The lowest BCUT2D eigenvalue weighted by atomic mass is 10.1. The van der Waals surface area contributed by atoms with Gasteiger partial charge in [0.25, 0.3) is 11.5 Å². The molecule has 7 heteroatoms. The Bertz CT molecular complexity index is 795. The standard InChI is InChI=1S/C17H23ClN4O2/c1-5-22(10-15(23)21-17(2,3)4)9-14-19-13-8-11(18)6-7-12(13)16(24)20-14/h6-8H,5,9-10H2,1-4H3,(H,21,23)(H,19,20,24)/p+1. The van der Waals surface area contributed by atoms with Gasteiger partial charge in [-0.05, 0) is 45.9 Å². The molecule has 0 spiro atoms. The van der Waals surface area contributed by atoms with E-state index in [-0.39, 0.29) is 17.0 Å². The van der Waals surface area contributed by atoms with Crippen molar-refractivity contribution in [3.05, 3.63) is 39.4 Å². The van der Waals surface area contributed by atoms with Crippen LogP contribution < -0.4 is 15.8 Å². The first-order valence-corrected chi connectivity index (χ1v) is 8.39. The third-order valence-electron chi connectivity index (χ3n) is 3.56. The number of likely N-dealkylation sites (N-methyl/N-ethyl adjacent to an activating group) is 1. The number of quaternary nitrogens is 1. The van der Waals surface area contributed by atoms with Crippen LogP contribution in [0.25, 0.3) is 10.9 Å². The van der Waals surface area contributed by atoms with Crippen LogP contribution in [0.4, 0.5) is 0 Å². The van der Waals surface area contributed by atoms with Crippen molar-refractivity contribution in [2.45, 2.75) is 39.8 Å². The van der Waals surface area contributed by atoms with Crippen LogP contribution in [0, 0.1) is 0 Å². The third kappa shape index (κ3) is 5.04. The molecule has 1 heterocycles. The lowest BCUT2D eigenvalue weighted by Gasteiger charge is -2.23. The summed E-state index contributed by atoms with van der Waals surface area (Å²) in [6, 6.07) is 5.00. The fourth-order valence-electron chi connectivity index (χ4n) is 2.48. The summed E-state index contributed by atoms with van der Waals surface area (Å²) in [5.41, 5.74) is 0.111. The molecule has 2 aromatic rings. The van der Waals surface area contributed by atoms with Gasteiger partial charge in [-0.2, -0.15) is 0 Å². The number of benzene rings is 1. The molecule has 0 bridgehead atoms. The lowest BCUT2D eigenvalue weighted by Crippen LogP contribution is -3.11. The molecule has 0 saturated heterocycles. The summed E-state index contributed by atoms with van der Waals surface area (Å²) in [4.78, 5) is 32.5. The minimum atomic E-state index is -0.262. The Balaban J connectivity index is 2.17. The van der Waals surface area contributed by atoms with E-state index in [0.29, 0.717) is 34.8 Å². The normalized spacial score (nSPS) is 13.0. The van der Waals surface area contributed by atoms with Gasteiger partial charge in [-0.1, -0.05) is 11.6 Å². The Kier molecular flexibility index (Phi) is 5.62. The number of fused-ring (bicyclic) bond motifs is 1. The average Bonchev–Trinajstić information content (AvgIpc) is 2.43. The molecular formula is C17H24ClN4O2+. The SMILES string of the molecule is CC[NH+](CC(=O)NC(C)(C)C)Cc1nc2cc(Cl)ccc2c(=O)[nH]1. The molecule has 3 N–H and O–H groups in total. The van der Waals surface area contributed by atoms with Crippen molar-refractivity contribution in [2.24, 2.45) is 0 Å². The largest absolute Gasteiger partial charge is 0.347 e. The highest BCUT2D eigenvalue weighted by Gasteiger charge is 2.19. The van der Waals surface area contributed by atoms with E-state index in [1.54, 1.807) is 18.2 Å². The van der Waals surface area contributed by atoms with Crippen LogP contribution in [0.3, 0.4) is 0 Å². The Morgan fingerprint density at radius 3 is 2.71 bits per heavy atom. The topological polar surface area (TPSA) is 79.3 Å².